The van der Waals surface area contributed by atoms with E-state index < -0.39 is 17.0 Å². The summed E-state index contributed by atoms with van der Waals surface area (Å²) in [6.07, 6.45) is 2.05. The highest BCUT2D eigenvalue weighted by molar-refractivity contribution is 5.74. The summed E-state index contributed by atoms with van der Waals surface area (Å²) in [5.41, 5.74) is -1.42. The fourth-order valence-corrected chi connectivity index (χ4v) is 2.34. The zero-order valence-corrected chi connectivity index (χ0v) is 12.5. The van der Waals surface area contributed by atoms with E-state index in [0.29, 0.717) is 18.3 Å². The minimum Gasteiger partial charge on any atom is -0.481 e. The molecule has 0 amide bonds. The first-order chi connectivity index (χ1) is 9.28. The number of hydrogen-bond donors (Lipinski definition) is 1. The van der Waals surface area contributed by atoms with Gasteiger partial charge in [0.05, 0.1) is 5.41 Å². The number of nitrogens with zero attached hydrogens (tertiary/aromatic N) is 2. The van der Waals surface area contributed by atoms with Gasteiger partial charge in [0.15, 0.2) is 0 Å². The topological polar surface area (TPSA) is 85.5 Å². The molecule has 1 fully saturated rings. The van der Waals surface area contributed by atoms with Gasteiger partial charge in [-0.25, -0.2) is 0 Å². The Bertz CT molecular complexity index is 491. The van der Waals surface area contributed by atoms with Crippen molar-refractivity contribution in [3.8, 4) is 0 Å². The number of hydrogen-bond acceptors (Lipinski definition) is 5. The maximum atomic E-state index is 11.5. The van der Waals surface area contributed by atoms with Gasteiger partial charge in [0.1, 0.15) is 5.60 Å². The van der Waals surface area contributed by atoms with Gasteiger partial charge in [0.25, 0.3) is 0 Å². The minimum atomic E-state index is -0.915. The van der Waals surface area contributed by atoms with Gasteiger partial charge >= 0.3 is 5.97 Å². The van der Waals surface area contributed by atoms with E-state index in [9.17, 15) is 9.90 Å². The lowest BCUT2D eigenvalue weighted by Gasteiger charge is -2.27. The van der Waals surface area contributed by atoms with Gasteiger partial charge in [0.2, 0.25) is 11.7 Å². The molecule has 6 heteroatoms. The molecule has 1 aliphatic rings. The van der Waals surface area contributed by atoms with Crippen LogP contribution in [0.15, 0.2) is 4.52 Å². The van der Waals surface area contributed by atoms with Gasteiger partial charge in [-0.05, 0) is 32.6 Å². The number of aliphatic carboxylic acids is 1. The van der Waals surface area contributed by atoms with Crippen molar-refractivity contribution >= 4 is 5.97 Å². The van der Waals surface area contributed by atoms with Crippen LogP contribution in [-0.4, -0.2) is 27.8 Å². The van der Waals surface area contributed by atoms with Gasteiger partial charge in [-0.15, -0.1) is 0 Å². The molecule has 112 valence electrons. The summed E-state index contributed by atoms with van der Waals surface area (Å²) in [7, 11) is 0. The molecule has 6 nitrogen and oxygen atoms in total. The van der Waals surface area contributed by atoms with Crippen molar-refractivity contribution in [3.05, 3.63) is 11.7 Å². The van der Waals surface area contributed by atoms with Crippen LogP contribution in [0.1, 0.15) is 52.3 Å². The standard InChI is InChI=1S/C14H22N2O4/c1-9(2)13(3,12(17)18)8-10-15-11(16-20-10)14(4)6-5-7-19-14/h9H,5-8H2,1-4H3,(H,17,18). The van der Waals surface area contributed by atoms with E-state index in [0.717, 1.165) is 12.8 Å². The zero-order valence-electron chi connectivity index (χ0n) is 12.5. The Kier molecular flexibility index (Phi) is 3.86. The van der Waals surface area contributed by atoms with Crippen molar-refractivity contribution in [1.82, 2.24) is 10.1 Å². The summed E-state index contributed by atoms with van der Waals surface area (Å²) in [6.45, 7) is 8.10. The van der Waals surface area contributed by atoms with Crippen molar-refractivity contribution in [2.75, 3.05) is 6.61 Å². The predicted octanol–water partition coefficient (Wildman–Crippen LogP) is 2.38. The van der Waals surface area contributed by atoms with E-state index in [1.54, 1.807) is 6.92 Å². The zero-order chi connectivity index (χ0) is 15.0. The molecule has 1 aromatic rings. The SMILES string of the molecule is CC(C)C(C)(Cc1nc(C2(C)CCCO2)no1)C(=O)O. The molecule has 0 bridgehead atoms. The number of ether oxygens (including phenoxy) is 1. The van der Waals surface area contributed by atoms with Crippen molar-refractivity contribution in [2.24, 2.45) is 11.3 Å². The second-order valence-corrected chi connectivity index (χ2v) is 6.25. The molecule has 1 saturated heterocycles. The summed E-state index contributed by atoms with van der Waals surface area (Å²) in [5, 5.41) is 13.4. The predicted molar refractivity (Wildman–Crippen MR) is 71.1 cm³/mol. The molecule has 0 radical (unpaired) electrons. The first-order valence-corrected chi connectivity index (χ1v) is 6.98. The fraction of sp³-hybridized carbons (Fsp3) is 0.786. The highest BCUT2D eigenvalue weighted by atomic mass is 16.5. The minimum absolute atomic E-state index is 0.0336. The molecule has 0 aromatic carbocycles. The van der Waals surface area contributed by atoms with Gasteiger partial charge in [-0.2, -0.15) is 4.98 Å². The van der Waals surface area contributed by atoms with E-state index in [-0.39, 0.29) is 12.3 Å². The lowest BCUT2D eigenvalue weighted by atomic mass is 9.76. The van der Waals surface area contributed by atoms with Crippen LogP contribution in [0.2, 0.25) is 0 Å². The van der Waals surface area contributed by atoms with E-state index >= 15 is 0 Å². The molecule has 2 rings (SSSR count). The van der Waals surface area contributed by atoms with Crippen molar-refractivity contribution in [3.63, 3.8) is 0 Å². The largest absolute Gasteiger partial charge is 0.481 e. The third kappa shape index (κ3) is 2.57. The Morgan fingerprint density at radius 3 is 2.75 bits per heavy atom. The smallest absolute Gasteiger partial charge is 0.310 e. The van der Waals surface area contributed by atoms with Crippen LogP contribution in [0.3, 0.4) is 0 Å². The van der Waals surface area contributed by atoms with Crippen LogP contribution in [0, 0.1) is 11.3 Å². The molecule has 0 aliphatic carbocycles. The van der Waals surface area contributed by atoms with E-state index in [4.69, 9.17) is 9.26 Å². The summed E-state index contributed by atoms with van der Waals surface area (Å²) >= 11 is 0. The maximum Gasteiger partial charge on any atom is 0.310 e. The summed E-state index contributed by atoms with van der Waals surface area (Å²) in [6, 6.07) is 0. The van der Waals surface area contributed by atoms with E-state index in [1.807, 2.05) is 20.8 Å². The van der Waals surface area contributed by atoms with Crippen molar-refractivity contribution in [1.29, 1.82) is 0 Å². The Morgan fingerprint density at radius 1 is 1.55 bits per heavy atom. The molecule has 2 atom stereocenters. The summed E-state index contributed by atoms with van der Waals surface area (Å²) < 4.78 is 10.9. The van der Waals surface area contributed by atoms with Crippen LogP contribution >= 0.6 is 0 Å². The molecule has 1 aromatic heterocycles. The van der Waals surface area contributed by atoms with Crippen LogP contribution < -0.4 is 0 Å². The molecule has 20 heavy (non-hydrogen) atoms. The second-order valence-electron chi connectivity index (χ2n) is 6.25. The third-order valence-corrected chi connectivity index (χ3v) is 4.44. The molecular formula is C14H22N2O4. The lowest BCUT2D eigenvalue weighted by molar-refractivity contribution is -0.150. The maximum absolute atomic E-state index is 11.5. The molecule has 0 spiro atoms. The highest BCUT2D eigenvalue weighted by Crippen LogP contribution is 2.35. The van der Waals surface area contributed by atoms with E-state index in [1.165, 1.54) is 0 Å². The first kappa shape index (κ1) is 15.0. The monoisotopic (exact) mass is 282 g/mol. The van der Waals surface area contributed by atoms with Gasteiger partial charge in [-0.3, -0.25) is 4.79 Å². The first-order valence-electron chi connectivity index (χ1n) is 6.98. The normalized spacial score (nSPS) is 25.9. The molecule has 2 unspecified atom stereocenters. The van der Waals surface area contributed by atoms with Gasteiger partial charge in [-0.1, -0.05) is 19.0 Å². The van der Waals surface area contributed by atoms with Crippen LogP contribution in [0.5, 0.6) is 0 Å². The average Bonchev–Trinajstić information content (AvgIpc) is 2.98. The Balaban J connectivity index is 2.19. The highest BCUT2D eigenvalue weighted by Gasteiger charge is 2.41. The summed E-state index contributed by atoms with van der Waals surface area (Å²) in [4.78, 5) is 15.8. The quantitative estimate of drug-likeness (QED) is 0.892. The number of aromatic nitrogens is 2. The number of carboxylic acid groups (broad SMARTS) is 1. The van der Waals surface area contributed by atoms with Crippen LogP contribution in [-0.2, 0) is 21.6 Å². The average molecular weight is 282 g/mol. The van der Waals surface area contributed by atoms with Crippen molar-refractivity contribution in [2.45, 2.75) is 52.6 Å². The molecule has 0 saturated carbocycles. The molecule has 1 aliphatic heterocycles. The summed E-state index contributed by atoms with van der Waals surface area (Å²) in [5.74, 6) is -0.0129. The van der Waals surface area contributed by atoms with Crippen LogP contribution in [0.4, 0.5) is 0 Å². The van der Waals surface area contributed by atoms with Crippen LogP contribution in [0.25, 0.3) is 0 Å². The number of carboxylic acids is 1. The lowest BCUT2D eigenvalue weighted by Crippen LogP contribution is -2.35. The second kappa shape index (κ2) is 5.16. The molecular weight excluding hydrogens is 260 g/mol. The van der Waals surface area contributed by atoms with Gasteiger partial charge < -0.3 is 14.4 Å². The molecule has 1 N–H and O–H groups in total. The van der Waals surface area contributed by atoms with E-state index in [2.05, 4.69) is 10.1 Å². The Morgan fingerprint density at radius 2 is 2.25 bits per heavy atom. The van der Waals surface area contributed by atoms with Crippen molar-refractivity contribution < 1.29 is 19.2 Å². The van der Waals surface area contributed by atoms with Gasteiger partial charge in [0, 0.05) is 13.0 Å². The number of carbonyl (C=O) groups is 1. The Labute approximate surface area is 118 Å². The number of rotatable bonds is 5. The third-order valence-electron chi connectivity index (χ3n) is 4.44. The Hall–Kier alpha value is -1.43. The molecule has 2 heterocycles. The fourth-order valence-electron chi connectivity index (χ4n) is 2.34.